The molecule has 0 bridgehead atoms. The van der Waals surface area contributed by atoms with E-state index in [0.29, 0.717) is 22.1 Å². The van der Waals surface area contributed by atoms with E-state index in [9.17, 15) is 0 Å². The SMILES string of the molecule is COc1cc(Cl)cc(CO)c1OCC#N. The average Bonchev–Trinajstić information content (AvgIpc) is 2.26. The van der Waals surface area contributed by atoms with Crippen LogP contribution in [0.2, 0.25) is 5.02 Å². The van der Waals surface area contributed by atoms with Crippen LogP contribution in [-0.4, -0.2) is 18.8 Å². The fourth-order valence-electron chi connectivity index (χ4n) is 1.16. The van der Waals surface area contributed by atoms with Crippen LogP contribution in [0.3, 0.4) is 0 Å². The number of methoxy groups -OCH3 is 1. The number of aliphatic hydroxyl groups excluding tert-OH is 1. The quantitative estimate of drug-likeness (QED) is 0.851. The van der Waals surface area contributed by atoms with Gasteiger partial charge in [-0.3, -0.25) is 0 Å². The van der Waals surface area contributed by atoms with Crippen molar-refractivity contribution in [2.75, 3.05) is 13.7 Å². The topological polar surface area (TPSA) is 62.5 Å². The van der Waals surface area contributed by atoms with Crippen LogP contribution in [0.4, 0.5) is 0 Å². The Morgan fingerprint density at radius 3 is 2.80 bits per heavy atom. The Kier molecular flexibility index (Phi) is 4.22. The van der Waals surface area contributed by atoms with Crippen LogP contribution < -0.4 is 9.47 Å². The van der Waals surface area contributed by atoms with Crippen molar-refractivity contribution in [3.05, 3.63) is 22.7 Å². The molecule has 0 atom stereocenters. The predicted molar refractivity (Wildman–Crippen MR) is 55.0 cm³/mol. The molecule has 1 aromatic rings. The van der Waals surface area contributed by atoms with E-state index in [2.05, 4.69) is 0 Å². The molecule has 0 amide bonds. The first-order chi connectivity index (χ1) is 7.22. The molecule has 1 N–H and O–H groups in total. The smallest absolute Gasteiger partial charge is 0.174 e. The zero-order valence-electron chi connectivity index (χ0n) is 8.16. The number of ether oxygens (including phenoxy) is 2. The van der Waals surface area contributed by atoms with Gasteiger partial charge >= 0.3 is 0 Å². The molecule has 1 aromatic carbocycles. The van der Waals surface area contributed by atoms with E-state index in [0.717, 1.165) is 0 Å². The Balaban J connectivity index is 3.13. The number of aliphatic hydroxyl groups is 1. The summed E-state index contributed by atoms with van der Waals surface area (Å²) in [7, 11) is 1.46. The average molecular weight is 228 g/mol. The first kappa shape index (κ1) is 11.6. The second kappa shape index (κ2) is 5.44. The highest BCUT2D eigenvalue weighted by Crippen LogP contribution is 2.34. The first-order valence-corrected chi connectivity index (χ1v) is 4.57. The number of nitrogens with zero attached hydrogens (tertiary/aromatic N) is 1. The molecule has 0 heterocycles. The van der Waals surface area contributed by atoms with Crippen molar-refractivity contribution in [2.45, 2.75) is 6.61 Å². The van der Waals surface area contributed by atoms with Crippen LogP contribution in [0.5, 0.6) is 11.5 Å². The predicted octanol–water partition coefficient (Wildman–Crippen LogP) is 1.74. The summed E-state index contributed by atoms with van der Waals surface area (Å²) in [6, 6.07) is 4.97. The van der Waals surface area contributed by atoms with Crippen molar-refractivity contribution in [1.82, 2.24) is 0 Å². The number of rotatable bonds is 4. The van der Waals surface area contributed by atoms with Crippen LogP contribution >= 0.6 is 11.6 Å². The molecule has 0 aliphatic carbocycles. The Hall–Kier alpha value is -1.44. The zero-order valence-corrected chi connectivity index (χ0v) is 8.91. The van der Waals surface area contributed by atoms with E-state index in [4.69, 9.17) is 31.4 Å². The van der Waals surface area contributed by atoms with Crippen molar-refractivity contribution in [1.29, 1.82) is 5.26 Å². The summed E-state index contributed by atoms with van der Waals surface area (Å²) in [4.78, 5) is 0. The third-order valence-corrected chi connectivity index (χ3v) is 1.99. The monoisotopic (exact) mass is 227 g/mol. The third kappa shape index (κ3) is 2.75. The second-order valence-electron chi connectivity index (χ2n) is 2.70. The van der Waals surface area contributed by atoms with Crippen molar-refractivity contribution < 1.29 is 14.6 Å². The summed E-state index contributed by atoms with van der Waals surface area (Å²) >= 11 is 5.80. The molecule has 0 saturated carbocycles. The number of halogens is 1. The van der Waals surface area contributed by atoms with Gasteiger partial charge in [0.15, 0.2) is 18.1 Å². The fraction of sp³-hybridized carbons (Fsp3) is 0.300. The summed E-state index contributed by atoms with van der Waals surface area (Å²) in [5.41, 5.74) is 0.495. The largest absolute Gasteiger partial charge is 0.493 e. The van der Waals surface area contributed by atoms with Gasteiger partial charge in [0, 0.05) is 16.7 Å². The van der Waals surface area contributed by atoms with Gasteiger partial charge in [-0.15, -0.1) is 0 Å². The van der Waals surface area contributed by atoms with Gasteiger partial charge in [-0.05, 0) is 6.07 Å². The summed E-state index contributed by atoms with van der Waals surface area (Å²) < 4.78 is 10.2. The Bertz CT molecular complexity index is 362. The molecule has 0 aliphatic rings. The lowest BCUT2D eigenvalue weighted by Crippen LogP contribution is -2.01. The molecule has 0 radical (unpaired) electrons. The molecule has 1 rings (SSSR count). The minimum atomic E-state index is -0.225. The van der Waals surface area contributed by atoms with E-state index in [-0.39, 0.29) is 13.2 Å². The molecule has 15 heavy (non-hydrogen) atoms. The number of hydrogen-bond donors (Lipinski definition) is 1. The molecule has 0 fully saturated rings. The normalized spacial score (nSPS) is 9.47. The van der Waals surface area contributed by atoms with Crippen molar-refractivity contribution in [3.8, 4) is 17.6 Å². The van der Waals surface area contributed by atoms with Gasteiger partial charge < -0.3 is 14.6 Å². The molecular formula is C10H10ClNO3. The maximum Gasteiger partial charge on any atom is 0.174 e. The molecule has 0 saturated heterocycles. The molecule has 5 heteroatoms. The Labute approximate surface area is 92.6 Å². The molecule has 0 unspecified atom stereocenters. The number of benzene rings is 1. The van der Waals surface area contributed by atoms with Gasteiger partial charge in [0.1, 0.15) is 6.07 Å². The molecular weight excluding hydrogens is 218 g/mol. The first-order valence-electron chi connectivity index (χ1n) is 4.20. The molecule has 80 valence electrons. The summed E-state index contributed by atoms with van der Waals surface area (Å²) in [6.07, 6.45) is 0. The maximum absolute atomic E-state index is 9.09. The molecule has 0 aromatic heterocycles. The highest BCUT2D eigenvalue weighted by atomic mass is 35.5. The highest BCUT2D eigenvalue weighted by Gasteiger charge is 2.11. The highest BCUT2D eigenvalue weighted by molar-refractivity contribution is 6.30. The lowest BCUT2D eigenvalue weighted by Gasteiger charge is -2.12. The van der Waals surface area contributed by atoms with E-state index in [1.807, 2.05) is 6.07 Å². The standard InChI is InChI=1S/C10H10ClNO3/c1-14-9-5-8(11)4-7(6-13)10(9)15-3-2-12/h4-5,13H,3,6H2,1H3. The van der Waals surface area contributed by atoms with Crippen LogP contribution in [0, 0.1) is 11.3 Å². The van der Waals surface area contributed by atoms with E-state index < -0.39 is 0 Å². The van der Waals surface area contributed by atoms with Gasteiger partial charge in [-0.25, -0.2) is 0 Å². The molecule has 0 aliphatic heterocycles. The fourth-order valence-corrected chi connectivity index (χ4v) is 1.39. The minimum Gasteiger partial charge on any atom is -0.493 e. The van der Waals surface area contributed by atoms with Crippen molar-refractivity contribution >= 4 is 11.6 Å². The van der Waals surface area contributed by atoms with Crippen LogP contribution in [0.15, 0.2) is 12.1 Å². The van der Waals surface area contributed by atoms with Gasteiger partial charge in [-0.2, -0.15) is 5.26 Å². The van der Waals surface area contributed by atoms with Crippen molar-refractivity contribution in [3.63, 3.8) is 0 Å². The Morgan fingerprint density at radius 2 is 2.27 bits per heavy atom. The van der Waals surface area contributed by atoms with Crippen LogP contribution in [-0.2, 0) is 6.61 Å². The molecule has 4 nitrogen and oxygen atoms in total. The van der Waals surface area contributed by atoms with Gasteiger partial charge in [-0.1, -0.05) is 11.6 Å². The summed E-state index contributed by atoms with van der Waals surface area (Å²) in [6.45, 7) is -0.331. The van der Waals surface area contributed by atoms with Crippen LogP contribution in [0.25, 0.3) is 0 Å². The maximum atomic E-state index is 9.09. The van der Waals surface area contributed by atoms with Gasteiger partial charge in [0.2, 0.25) is 0 Å². The lowest BCUT2D eigenvalue weighted by atomic mass is 10.2. The summed E-state index contributed by atoms with van der Waals surface area (Å²) in [5.74, 6) is 0.757. The second-order valence-corrected chi connectivity index (χ2v) is 3.14. The van der Waals surface area contributed by atoms with Crippen molar-refractivity contribution in [2.24, 2.45) is 0 Å². The zero-order chi connectivity index (χ0) is 11.3. The number of hydrogen-bond acceptors (Lipinski definition) is 4. The van der Waals surface area contributed by atoms with Gasteiger partial charge in [0.05, 0.1) is 13.7 Å². The molecule has 0 spiro atoms. The third-order valence-electron chi connectivity index (χ3n) is 1.77. The minimum absolute atomic E-state index is 0.106. The van der Waals surface area contributed by atoms with Crippen LogP contribution in [0.1, 0.15) is 5.56 Å². The Morgan fingerprint density at radius 1 is 1.53 bits per heavy atom. The summed E-state index contributed by atoms with van der Waals surface area (Å²) in [5, 5.41) is 17.9. The van der Waals surface area contributed by atoms with E-state index >= 15 is 0 Å². The van der Waals surface area contributed by atoms with Gasteiger partial charge in [0.25, 0.3) is 0 Å². The van der Waals surface area contributed by atoms with E-state index in [1.54, 1.807) is 12.1 Å². The number of nitriles is 1. The lowest BCUT2D eigenvalue weighted by molar-refractivity contribution is 0.265. The van der Waals surface area contributed by atoms with E-state index in [1.165, 1.54) is 7.11 Å².